The summed E-state index contributed by atoms with van der Waals surface area (Å²) < 4.78 is 5.42. The number of rotatable bonds is 1. The fourth-order valence-corrected chi connectivity index (χ4v) is 4.79. The van der Waals surface area contributed by atoms with Crippen LogP contribution in [0.3, 0.4) is 0 Å². The van der Waals surface area contributed by atoms with Crippen LogP contribution in [0.15, 0.2) is 0 Å². The lowest BCUT2D eigenvalue weighted by Crippen LogP contribution is -2.67. The fraction of sp³-hybridized carbons (Fsp3) is 0.941. The van der Waals surface area contributed by atoms with Gasteiger partial charge in [-0.05, 0) is 64.7 Å². The summed E-state index contributed by atoms with van der Waals surface area (Å²) in [5.41, 5.74) is 4.93. The van der Waals surface area contributed by atoms with Gasteiger partial charge in [-0.1, -0.05) is 6.42 Å². The SMILES string of the molecule is CC(C)(C)OC(=O)N1CCC(O)(C2(N)CC3CCC2C3)CC1. The van der Waals surface area contributed by atoms with Crippen molar-refractivity contribution in [3.05, 3.63) is 0 Å². The summed E-state index contributed by atoms with van der Waals surface area (Å²) in [5.74, 6) is 1.15. The van der Waals surface area contributed by atoms with E-state index in [1.54, 1.807) is 4.90 Å². The third kappa shape index (κ3) is 2.62. The number of piperidine rings is 1. The lowest BCUT2D eigenvalue weighted by molar-refractivity contribution is -0.0983. The third-order valence-electron chi connectivity index (χ3n) is 6.00. The molecule has 1 amide bonds. The molecule has 2 bridgehead atoms. The van der Waals surface area contributed by atoms with Crippen LogP contribution >= 0.6 is 0 Å². The molecular weight excluding hydrogens is 280 g/mol. The molecule has 3 atom stereocenters. The van der Waals surface area contributed by atoms with Crippen molar-refractivity contribution in [2.45, 2.75) is 76.0 Å². The van der Waals surface area contributed by atoms with Crippen LogP contribution in [-0.4, -0.2) is 45.9 Å². The van der Waals surface area contributed by atoms with Crippen LogP contribution in [0.2, 0.25) is 0 Å². The number of ether oxygens (including phenoxy) is 1. The normalized spacial score (nSPS) is 37.4. The molecule has 0 spiro atoms. The number of hydrogen-bond acceptors (Lipinski definition) is 4. The van der Waals surface area contributed by atoms with Crippen LogP contribution in [0, 0.1) is 11.8 Å². The molecule has 5 nitrogen and oxygen atoms in total. The average molecular weight is 310 g/mol. The molecule has 2 saturated carbocycles. The van der Waals surface area contributed by atoms with Gasteiger partial charge in [0.1, 0.15) is 5.60 Å². The van der Waals surface area contributed by atoms with E-state index in [1.165, 1.54) is 12.8 Å². The lowest BCUT2D eigenvalue weighted by Gasteiger charge is -2.51. The first-order valence-electron chi connectivity index (χ1n) is 8.62. The standard InChI is InChI=1S/C17H30N2O3/c1-15(2,3)22-14(20)19-8-6-16(21,7-9-19)17(18)11-12-4-5-13(17)10-12/h12-13,21H,4-11,18H2,1-3H3. The molecule has 0 aromatic heterocycles. The van der Waals surface area contributed by atoms with Gasteiger partial charge in [0.25, 0.3) is 0 Å². The minimum atomic E-state index is -0.828. The quantitative estimate of drug-likeness (QED) is 0.779. The molecule has 2 aliphatic carbocycles. The molecule has 0 aromatic carbocycles. The van der Waals surface area contributed by atoms with Gasteiger partial charge in [-0.3, -0.25) is 0 Å². The Kier molecular flexibility index (Phi) is 3.72. The van der Waals surface area contributed by atoms with E-state index < -0.39 is 16.7 Å². The summed E-state index contributed by atoms with van der Waals surface area (Å²) in [6.07, 6.45) is 5.38. The Morgan fingerprint density at radius 3 is 2.36 bits per heavy atom. The maximum atomic E-state index is 12.1. The zero-order valence-electron chi connectivity index (χ0n) is 14.1. The molecule has 3 aliphatic rings. The number of likely N-dealkylation sites (tertiary alicyclic amines) is 1. The van der Waals surface area contributed by atoms with Crippen LogP contribution < -0.4 is 5.73 Å². The second kappa shape index (κ2) is 5.10. The summed E-state index contributed by atoms with van der Waals surface area (Å²) in [6.45, 7) is 6.67. The molecular formula is C17H30N2O3. The molecule has 5 heteroatoms. The van der Waals surface area contributed by atoms with Crippen LogP contribution in [0.25, 0.3) is 0 Å². The highest BCUT2D eigenvalue weighted by Gasteiger charge is 2.59. The Bertz CT molecular complexity index is 451. The van der Waals surface area contributed by atoms with Crippen molar-refractivity contribution >= 4 is 6.09 Å². The zero-order valence-corrected chi connectivity index (χ0v) is 14.1. The number of fused-ring (bicyclic) bond motifs is 2. The maximum Gasteiger partial charge on any atom is 0.410 e. The highest BCUT2D eigenvalue weighted by atomic mass is 16.6. The number of carbonyl (C=O) groups excluding carboxylic acids is 1. The lowest BCUT2D eigenvalue weighted by atomic mass is 9.66. The van der Waals surface area contributed by atoms with Gasteiger partial charge in [-0.2, -0.15) is 0 Å². The molecule has 126 valence electrons. The summed E-state index contributed by atoms with van der Waals surface area (Å²) in [4.78, 5) is 13.8. The van der Waals surface area contributed by atoms with Crippen molar-refractivity contribution in [3.8, 4) is 0 Å². The van der Waals surface area contributed by atoms with E-state index in [2.05, 4.69) is 0 Å². The topological polar surface area (TPSA) is 75.8 Å². The third-order valence-corrected chi connectivity index (χ3v) is 6.00. The molecule has 3 fully saturated rings. The second-order valence-electron chi connectivity index (χ2n) is 8.62. The van der Waals surface area contributed by atoms with E-state index in [0.717, 1.165) is 12.8 Å². The molecule has 1 saturated heterocycles. The molecule has 1 heterocycles. The minimum Gasteiger partial charge on any atom is -0.444 e. The Morgan fingerprint density at radius 2 is 1.91 bits per heavy atom. The smallest absolute Gasteiger partial charge is 0.410 e. The number of nitrogens with zero attached hydrogens (tertiary/aromatic N) is 1. The Hall–Kier alpha value is -0.810. The van der Waals surface area contributed by atoms with E-state index in [1.807, 2.05) is 20.8 Å². The number of amides is 1. The predicted molar refractivity (Wildman–Crippen MR) is 84.4 cm³/mol. The first-order valence-corrected chi connectivity index (χ1v) is 8.62. The van der Waals surface area contributed by atoms with Gasteiger partial charge >= 0.3 is 6.09 Å². The average Bonchev–Trinajstić information content (AvgIpc) is 2.98. The van der Waals surface area contributed by atoms with Gasteiger partial charge in [-0.15, -0.1) is 0 Å². The molecule has 22 heavy (non-hydrogen) atoms. The maximum absolute atomic E-state index is 12.1. The van der Waals surface area contributed by atoms with Gasteiger partial charge in [0.2, 0.25) is 0 Å². The van der Waals surface area contributed by atoms with Crippen LogP contribution in [0.4, 0.5) is 4.79 Å². The van der Waals surface area contributed by atoms with Crippen molar-refractivity contribution in [1.29, 1.82) is 0 Å². The van der Waals surface area contributed by atoms with Crippen LogP contribution in [0.5, 0.6) is 0 Å². The second-order valence-corrected chi connectivity index (χ2v) is 8.62. The van der Waals surface area contributed by atoms with Gasteiger partial charge < -0.3 is 20.5 Å². The summed E-state index contributed by atoms with van der Waals surface area (Å²) >= 11 is 0. The van der Waals surface area contributed by atoms with E-state index >= 15 is 0 Å². The molecule has 3 rings (SSSR count). The fourth-order valence-electron chi connectivity index (χ4n) is 4.79. The number of hydrogen-bond donors (Lipinski definition) is 2. The van der Waals surface area contributed by atoms with Gasteiger partial charge in [0.15, 0.2) is 0 Å². The highest BCUT2D eigenvalue weighted by molar-refractivity contribution is 5.68. The number of nitrogens with two attached hydrogens (primary N) is 1. The predicted octanol–water partition coefficient (Wildman–Crippen LogP) is 2.27. The summed E-state index contributed by atoms with van der Waals surface area (Å²) in [7, 11) is 0. The summed E-state index contributed by atoms with van der Waals surface area (Å²) in [6, 6.07) is 0. The number of aliphatic hydroxyl groups is 1. The molecule has 3 N–H and O–H groups in total. The van der Waals surface area contributed by atoms with Crippen molar-refractivity contribution in [3.63, 3.8) is 0 Å². The number of carbonyl (C=O) groups is 1. The monoisotopic (exact) mass is 310 g/mol. The van der Waals surface area contributed by atoms with E-state index in [0.29, 0.717) is 37.8 Å². The van der Waals surface area contributed by atoms with E-state index in [4.69, 9.17) is 10.5 Å². The van der Waals surface area contributed by atoms with Gasteiger partial charge in [-0.25, -0.2) is 4.79 Å². The highest BCUT2D eigenvalue weighted by Crippen LogP contribution is 2.55. The van der Waals surface area contributed by atoms with E-state index in [-0.39, 0.29) is 6.09 Å². The zero-order chi connectivity index (χ0) is 16.2. The first kappa shape index (κ1) is 16.1. The van der Waals surface area contributed by atoms with E-state index in [9.17, 15) is 9.90 Å². The van der Waals surface area contributed by atoms with Gasteiger partial charge in [0.05, 0.1) is 5.60 Å². The van der Waals surface area contributed by atoms with Gasteiger partial charge in [0, 0.05) is 18.6 Å². The summed E-state index contributed by atoms with van der Waals surface area (Å²) in [5, 5.41) is 11.2. The van der Waals surface area contributed by atoms with Crippen molar-refractivity contribution < 1.29 is 14.6 Å². The van der Waals surface area contributed by atoms with Crippen molar-refractivity contribution in [2.24, 2.45) is 17.6 Å². The van der Waals surface area contributed by atoms with Crippen molar-refractivity contribution in [1.82, 2.24) is 4.90 Å². The van der Waals surface area contributed by atoms with Crippen molar-refractivity contribution in [2.75, 3.05) is 13.1 Å². The molecule has 1 aliphatic heterocycles. The minimum absolute atomic E-state index is 0.284. The largest absolute Gasteiger partial charge is 0.444 e. The molecule has 0 radical (unpaired) electrons. The Morgan fingerprint density at radius 1 is 1.27 bits per heavy atom. The van der Waals surface area contributed by atoms with Crippen LogP contribution in [-0.2, 0) is 4.74 Å². The first-order chi connectivity index (χ1) is 10.1. The Balaban J connectivity index is 1.62. The Labute approximate surface area is 133 Å². The van der Waals surface area contributed by atoms with Crippen LogP contribution in [0.1, 0.15) is 59.3 Å². The molecule has 0 aromatic rings. The molecule has 3 unspecified atom stereocenters.